The third-order valence-corrected chi connectivity index (χ3v) is 15.4. The van der Waals surface area contributed by atoms with E-state index in [-0.39, 0.29) is 0 Å². The molecule has 0 saturated carbocycles. The molecule has 0 amide bonds. The molecule has 0 unspecified atom stereocenters. The van der Waals surface area contributed by atoms with Crippen LogP contribution in [0, 0.1) is 0 Å². The molecule has 1 rings (SSSR count). The summed E-state index contributed by atoms with van der Waals surface area (Å²) in [5.74, 6) is 0. The maximum atomic E-state index is 3.61. The van der Waals surface area contributed by atoms with Crippen molar-refractivity contribution in [3.05, 3.63) is 18.7 Å². The van der Waals surface area contributed by atoms with Crippen molar-refractivity contribution < 1.29 is 0 Å². The first-order chi connectivity index (χ1) is 8.85. The standard InChI is InChI=1S/3C4H9.C3H3N2.Pb/c3*1-3-4-2;1-2-5-3-4-1;/h3*1,3-4H2,2H3;1-3H;/q;;;-1;. The van der Waals surface area contributed by atoms with Crippen LogP contribution in [-0.4, -0.2) is 27.7 Å². The van der Waals surface area contributed by atoms with Crippen LogP contribution in [0.15, 0.2) is 18.7 Å². The second-order valence-electron chi connectivity index (χ2n) is 4.77. The fourth-order valence-corrected chi connectivity index (χ4v) is 14.7. The average Bonchev–Trinajstić information content (AvgIpc) is 2.97. The van der Waals surface area contributed by atoms with E-state index in [1.54, 1.807) is 24.3 Å². The normalized spacial score (nSPS) is 10.2. The van der Waals surface area contributed by atoms with Gasteiger partial charge in [-0.15, -0.1) is 0 Å². The van der Waals surface area contributed by atoms with Gasteiger partial charge in [-0.2, -0.15) is 0 Å². The average molecular weight is 446 g/mol. The van der Waals surface area contributed by atoms with Gasteiger partial charge in [0.2, 0.25) is 0 Å². The Morgan fingerprint density at radius 2 is 1.39 bits per heavy atom. The van der Waals surface area contributed by atoms with Gasteiger partial charge < -0.3 is 9.97 Å². The van der Waals surface area contributed by atoms with Crippen LogP contribution in [0.3, 0.4) is 0 Å². The van der Waals surface area contributed by atoms with Crippen LogP contribution in [0.25, 0.3) is 0 Å². The molecule has 0 spiro atoms. The van der Waals surface area contributed by atoms with E-state index in [1.807, 2.05) is 0 Å². The van der Waals surface area contributed by atoms with Crippen LogP contribution in [-0.2, 0) is 0 Å². The Kier molecular flexibility index (Phi) is 15.3. The fraction of sp³-hybridized carbons (Fsp3) is 0.800. The number of rotatable bonds is 9. The number of aromatic nitrogens is 2. The third-order valence-electron chi connectivity index (χ3n) is 3.02. The summed E-state index contributed by atoms with van der Waals surface area (Å²) in [6.45, 7) is 7.01. The molecule has 0 aromatic carbocycles. The summed E-state index contributed by atoms with van der Waals surface area (Å²) in [5, 5.41) is 0. The first-order valence-corrected chi connectivity index (χ1v) is 15.8. The molecule has 1 radical (unpaired) electrons. The topological polar surface area (TPSA) is 27.0 Å². The van der Waals surface area contributed by atoms with Crippen molar-refractivity contribution in [2.45, 2.75) is 71.2 Å². The zero-order chi connectivity index (χ0) is 13.5. The van der Waals surface area contributed by atoms with Gasteiger partial charge in [-0.3, -0.25) is 0 Å². The van der Waals surface area contributed by atoms with Gasteiger partial charge in [0.05, 0.1) is 0 Å². The molecular formula is C15H30N2Pb-. The van der Waals surface area contributed by atoms with Gasteiger partial charge in [0, 0.05) is 0 Å². The number of nitrogens with zero attached hydrogens (tertiary/aromatic N) is 2. The summed E-state index contributed by atoms with van der Waals surface area (Å²) in [6.07, 6.45) is 13.7. The van der Waals surface area contributed by atoms with Crippen molar-refractivity contribution in [2.24, 2.45) is 0 Å². The molecule has 3 heteroatoms. The molecule has 1 aromatic heterocycles. The maximum absolute atomic E-state index is 3.61. The van der Waals surface area contributed by atoms with Crippen molar-refractivity contribution in [3.63, 3.8) is 0 Å². The SMILES string of the molecule is CCC[CH2][Pb]([CH2]CCC)[CH2]CCC.c1c[n-]cn1. The van der Waals surface area contributed by atoms with Gasteiger partial charge in [-0.05, 0) is 0 Å². The minimum absolute atomic E-state index is 0.995. The predicted molar refractivity (Wildman–Crippen MR) is 82.5 cm³/mol. The van der Waals surface area contributed by atoms with Crippen molar-refractivity contribution in [1.82, 2.24) is 9.97 Å². The van der Waals surface area contributed by atoms with Crippen molar-refractivity contribution in [1.29, 1.82) is 0 Å². The van der Waals surface area contributed by atoms with Crippen molar-refractivity contribution >= 4 is 22.7 Å². The molecule has 2 nitrogen and oxygen atoms in total. The molecule has 0 aliphatic rings. The van der Waals surface area contributed by atoms with Crippen LogP contribution in [0.4, 0.5) is 0 Å². The molecule has 0 aliphatic heterocycles. The van der Waals surface area contributed by atoms with E-state index >= 15 is 0 Å². The molecule has 105 valence electrons. The zero-order valence-corrected chi connectivity index (χ0v) is 16.4. The summed E-state index contributed by atoms with van der Waals surface area (Å²) < 4.78 is 5.09. The van der Waals surface area contributed by atoms with Gasteiger partial charge in [0.1, 0.15) is 0 Å². The molecular weight excluding hydrogens is 415 g/mol. The van der Waals surface area contributed by atoms with E-state index in [4.69, 9.17) is 0 Å². The second-order valence-corrected chi connectivity index (χ2v) is 16.4. The third kappa shape index (κ3) is 12.6. The molecule has 0 atom stereocenters. The van der Waals surface area contributed by atoms with Gasteiger partial charge in [0.15, 0.2) is 0 Å². The van der Waals surface area contributed by atoms with Crippen molar-refractivity contribution in [2.75, 3.05) is 0 Å². The summed E-state index contributed by atoms with van der Waals surface area (Å²) >= 11 is -0.995. The monoisotopic (exact) mass is 446 g/mol. The van der Waals surface area contributed by atoms with E-state index in [1.165, 1.54) is 44.9 Å². The van der Waals surface area contributed by atoms with Gasteiger partial charge in [-0.1, -0.05) is 18.7 Å². The number of hydrogen-bond acceptors (Lipinski definition) is 1. The Morgan fingerprint density at radius 3 is 1.61 bits per heavy atom. The molecule has 0 saturated heterocycles. The summed E-state index contributed by atoms with van der Waals surface area (Å²) in [6, 6.07) is 0. The van der Waals surface area contributed by atoms with E-state index in [0.29, 0.717) is 0 Å². The van der Waals surface area contributed by atoms with Gasteiger partial charge in [-0.25, -0.2) is 0 Å². The fourth-order valence-electron chi connectivity index (χ4n) is 1.85. The molecule has 0 bridgehead atoms. The Hall–Kier alpha value is 0.132. The summed E-state index contributed by atoms with van der Waals surface area (Å²) in [7, 11) is 0. The minimum atomic E-state index is -0.995. The Balaban J connectivity index is 0.000000473. The van der Waals surface area contributed by atoms with E-state index < -0.39 is 22.7 Å². The number of imidazole rings is 1. The molecule has 0 aliphatic carbocycles. The van der Waals surface area contributed by atoms with Crippen LogP contribution < -0.4 is 4.98 Å². The molecule has 18 heavy (non-hydrogen) atoms. The Labute approximate surface area is 122 Å². The maximum Gasteiger partial charge on any atom is -0.0843 e. The summed E-state index contributed by atoms with van der Waals surface area (Å²) in [5.41, 5.74) is 0. The van der Waals surface area contributed by atoms with Crippen LogP contribution >= 0.6 is 0 Å². The number of hydrogen-bond donors (Lipinski definition) is 0. The van der Waals surface area contributed by atoms with E-state index in [9.17, 15) is 0 Å². The Morgan fingerprint density at radius 1 is 0.889 bits per heavy atom. The first kappa shape index (κ1) is 18.1. The van der Waals surface area contributed by atoms with Crippen LogP contribution in [0.2, 0.25) is 11.9 Å². The molecule has 1 heterocycles. The van der Waals surface area contributed by atoms with Gasteiger partial charge in [0.25, 0.3) is 0 Å². The van der Waals surface area contributed by atoms with Gasteiger partial charge >= 0.3 is 93.9 Å². The zero-order valence-electron chi connectivity index (χ0n) is 12.5. The minimum Gasteiger partial charge on any atom is -0.450 e. The predicted octanol–water partition coefficient (Wildman–Crippen LogP) is 4.92. The van der Waals surface area contributed by atoms with Crippen LogP contribution in [0.1, 0.15) is 59.3 Å². The van der Waals surface area contributed by atoms with Crippen molar-refractivity contribution in [3.8, 4) is 0 Å². The molecule has 1 aromatic rings. The largest absolute Gasteiger partial charge is 0.450 e. The first-order valence-electron chi connectivity index (χ1n) is 7.55. The molecule has 0 fully saturated rings. The smallest absolute Gasteiger partial charge is 0.0843 e. The van der Waals surface area contributed by atoms with E-state index in [2.05, 4.69) is 30.7 Å². The number of unbranched alkanes of at least 4 members (excludes halogenated alkanes) is 3. The quantitative estimate of drug-likeness (QED) is 0.505. The van der Waals surface area contributed by atoms with Crippen LogP contribution in [0.5, 0.6) is 0 Å². The Bertz CT molecular complexity index is 188. The second kappa shape index (κ2) is 15.2. The van der Waals surface area contributed by atoms with E-state index in [0.717, 1.165) is 0 Å². The summed E-state index contributed by atoms with van der Waals surface area (Å²) in [4.78, 5) is 7.22. The molecule has 0 N–H and O–H groups in total.